The largest absolute Gasteiger partial charge is 0.375 e. The van der Waals surface area contributed by atoms with Crippen molar-refractivity contribution >= 4 is 18.3 Å². The van der Waals surface area contributed by atoms with Gasteiger partial charge < -0.3 is 15.4 Å². The minimum absolute atomic E-state index is 0. The SMILES string of the molecule is Cl.O=C(NCc1ccc(-c2ccccc2)cc1)[C@H]1CC[C@H]2OCCN[C@@H]2C1. The van der Waals surface area contributed by atoms with E-state index in [1.165, 1.54) is 11.1 Å². The van der Waals surface area contributed by atoms with Crippen molar-refractivity contribution in [3.63, 3.8) is 0 Å². The van der Waals surface area contributed by atoms with Crippen molar-refractivity contribution < 1.29 is 9.53 Å². The molecule has 27 heavy (non-hydrogen) atoms. The van der Waals surface area contributed by atoms with Crippen LogP contribution in [-0.2, 0) is 16.1 Å². The second-order valence-corrected chi connectivity index (χ2v) is 7.26. The number of morpholine rings is 1. The summed E-state index contributed by atoms with van der Waals surface area (Å²) in [6, 6.07) is 19.1. The Morgan fingerprint density at radius 1 is 1.04 bits per heavy atom. The summed E-state index contributed by atoms with van der Waals surface area (Å²) in [5.74, 6) is 0.261. The monoisotopic (exact) mass is 386 g/mol. The van der Waals surface area contributed by atoms with Gasteiger partial charge in [0.15, 0.2) is 0 Å². The summed E-state index contributed by atoms with van der Waals surface area (Å²) >= 11 is 0. The topological polar surface area (TPSA) is 50.4 Å². The normalized spacial score (nSPS) is 24.4. The van der Waals surface area contributed by atoms with Gasteiger partial charge in [-0.3, -0.25) is 4.79 Å². The number of benzene rings is 2. The maximum Gasteiger partial charge on any atom is 0.223 e. The summed E-state index contributed by atoms with van der Waals surface area (Å²) in [6.07, 6.45) is 3.06. The Morgan fingerprint density at radius 2 is 1.78 bits per heavy atom. The Labute approximate surface area is 167 Å². The first-order valence-electron chi connectivity index (χ1n) is 9.56. The number of carbonyl (C=O) groups is 1. The second kappa shape index (κ2) is 9.36. The third kappa shape index (κ3) is 4.89. The van der Waals surface area contributed by atoms with Crippen molar-refractivity contribution in [3.8, 4) is 11.1 Å². The van der Waals surface area contributed by atoms with Gasteiger partial charge in [-0.25, -0.2) is 0 Å². The minimum Gasteiger partial charge on any atom is -0.375 e. The lowest BCUT2D eigenvalue weighted by atomic mass is 9.82. The van der Waals surface area contributed by atoms with Gasteiger partial charge in [-0.2, -0.15) is 0 Å². The van der Waals surface area contributed by atoms with Crippen molar-refractivity contribution in [2.24, 2.45) is 5.92 Å². The Kier molecular flexibility index (Phi) is 6.89. The van der Waals surface area contributed by atoms with E-state index in [1.54, 1.807) is 0 Å². The Bertz CT molecular complexity index is 736. The summed E-state index contributed by atoms with van der Waals surface area (Å²) in [4.78, 5) is 12.6. The third-order valence-electron chi connectivity index (χ3n) is 5.53. The van der Waals surface area contributed by atoms with E-state index in [0.717, 1.165) is 38.0 Å². The number of hydrogen-bond donors (Lipinski definition) is 2. The van der Waals surface area contributed by atoms with Gasteiger partial charge >= 0.3 is 0 Å². The molecular weight excluding hydrogens is 360 g/mol. The molecule has 0 aromatic heterocycles. The number of amides is 1. The van der Waals surface area contributed by atoms with Crippen molar-refractivity contribution in [1.29, 1.82) is 0 Å². The van der Waals surface area contributed by atoms with E-state index in [9.17, 15) is 4.79 Å². The average Bonchev–Trinajstić information content (AvgIpc) is 2.72. The van der Waals surface area contributed by atoms with Crippen LogP contribution in [0.5, 0.6) is 0 Å². The standard InChI is InChI=1S/C22H26N2O2.ClH/c25-22(19-10-11-21-20(14-19)23-12-13-26-21)24-15-16-6-8-18(9-7-16)17-4-2-1-3-5-17;/h1-9,19-21,23H,10-15H2,(H,24,25);1H/t19-,20+,21+;/m0./s1. The van der Waals surface area contributed by atoms with Crippen LogP contribution >= 0.6 is 12.4 Å². The van der Waals surface area contributed by atoms with Gasteiger partial charge in [0.2, 0.25) is 5.91 Å². The summed E-state index contributed by atoms with van der Waals surface area (Å²) < 4.78 is 5.79. The van der Waals surface area contributed by atoms with E-state index in [0.29, 0.717) is 18.7 Å². The molecule has 2 aromatic carbocycles. The number of fused-ring (bicyclic) bond motifs is 1. The molecule has 1 saturated carbocycles. The molecule has 2 aromatic rings. The lowest BCUT2D eigenvalue weighted by Gasteiger charge is -2.39. The Balaban J connectivity index is 0.00000210. The van der Waals surface area contributed by atoms with Gasteiger partial charge in [0.1, 0.15) is 0 Å². The molecule has 5 heteroatoms. The van der Waals surface area contributed by atoms with Crippen LogP contribution in [0.4, 0.5) is 0 Å². The average molecular weight is 387 g/mol. The van der Waals surface area contributed by atoms with Crippen LogP contribution in [0.2, 0.25) is 0 Å². The van der Waals surface area contributed by atoms with Crippen LogP contribution in [0.1, 0.15) is 24.8 Å². The van der Waals surface area contributed by atoms with Crippen molar-refractivity contribution in [2.75, 3.05) is 13.2 Å². The van der Waals surface area contributed by atoms with Gasteiger partial charge in [0.05, 0.1) is 12.7 Å². The fraction of sp³-hybridized carbons (Fsp3) is 0.409. The van der Waals surface area contributed by atoms with Crippen LogP contribution in [0.3, 0.4) is 0 Å². The van der Waals surface area contributed by atoms with E-state index in [-0.39, 0.29) is 24.2 Å². The van der Waals surface area contributed by atoms with Gasteiger partial charge in [-0.05, 0) is 36.0 Å². The molecular formula is C22H27ClN2O2. The van der Waals surface area contributed by atoms with Gasteiger partial charge in [0, 0.05) is 25.0 Å². The van der Waals surface area contributed by atoms with Crippen molar-refractivity contribution in [2.45, 2.75) is 38.0 Å². The first kappa shape index (κ1) is 19.9. The van der Waals surface area contributed by atoms with Crippen LogP contribution in [0.25, 0.3) is 11.1 Å². The van der Waals surface area contributed by atoms with Crippen LogP contribution in [0, 0.1) is 5.92 Å². The zero-order chi connectivity index (χ0) is 17.8. The number of nitrogens with one attached hydrogen (secondary N) is 2. The highest BCUT2D eigenvalue weighted by Gasteiger charge is 2.35. The molecule has 3 atom stereocenters. The summed E-state index contributed by atoms with van der Waals surface area (Å²) in [6.45, 7) is 2.27. The minimum atomic E-state index is 0. The van der Waals surface area contributed by atoms with Gasteiger partial charge in [0.25, 0.3) is 0 Å². The molecule has 1 amide bonds. The fourth-order valence-corrected chi connectivity index (χ4v) is 4.03. The zero-order valence-corrected chi connectivity index (χ0v) is 16.2. The molecule has 2 fully saturated rings. The number of halogens is 1. The number of carbonyl (C=O) groups excluding carboxylic acids is 1. The molecule has 1 aliphatic carbocycles. The molecule has 0 bridgehead atoms. The number of rotatable bonds is 4. The zero-order valence-electron chi connectivity index (χ0n) is 15.4. The summed E-state index contributed by atoms with van der Waals surface area (Å²) in [5.41, 5.74) is 3.54. The van der Waals surface area contributed by atoms with Crippen molar-refractivity contribution in [1.82, 2.24) is 10.6 Å². The second-order valence-electron chi connectivity index (χ2n) is 7.26. The molecule has 0 spiro atoms. The molecule has 2 N–H and O–H groups in total. The number of hydrogen-bond acceptors (Lipinski definition) is 3. The van der Waals surface area contributed by atoms with Gasteiger partial charge in [-0.1, -0.05) is 54.6 Å². The fourth-order valence-electron chi connectivity index (χ4n) is 4.03. The molecule has 1 heterocycles. The molecule has 4 rings (SSSR count). The molecule has 4 nitrogen and oxygen atoms in total. The van der Waals surface area contributed by atoms with Crippen molar-refractivity contribution in [3.05, 3.63) is 60.2 Å². The van der Waals surface area contributed by atoms with E-state index in [2.05, 4.69) is 47.0 Å². The predicted octanol–water partition coefficient (Wildman–Crippen LogP) is 3.55. The first-order valence-corrected chi connectivity index (χ1v) is 9.56. The highest BCUT2D eigenvalue weighted by molar-refractivity contribution is 5.85. The smallest absolute Gasteiger partial charge is 0.223 e. The van der Waals surface area contributed by atoms with E-state index >= 15 is 0 Å². The van der Waals surface area contributed by atoms with Gasteiger partial charge in [-0.15, -0.1) is 12.4 Å². The quantitative estimate of drug-likeness (QED) is 0.844. The highest BCUT2D eigenvalue weighted by Crippen LogP contribution is 2.28. The molecule has 0 unspecified atom stereocenters. The Hall–Kier alpha value is -1.88. The first-order chi connectivity index (χ1) is 12.8. The van der Waals surface area contributed by atoms with E-state index in [4.69, 9.17) is 4.74 Å². The predicted molar refractivity (Wildman–Crippen MR) is 110 cm³/mol. The molecule has 2 aliphatic rings. The van der Waals surface area contributed by atoms with Crippen LogP contribution in [-0.4, -0.2) is 31.2 Å². The lowest BCUT2D eigenvalue weighted by molar-refractivity contribution is -0.128. The Morgan fingerprint density at radius 3 is 2.56 bits per heavy atom. The maximum absolute atomic E-state index is 12.6. The lowest BCUT2D eigenvalue weighted by Crippen LogP contribution is -2.53. The summed E-state index contributed by atoms with van der Waals surface area (Å²) in [7, 11) is 0. The molecule has 1 aliphatic heterocycles. The molecule has 1 saturated heterocycles. The summed E-state index contributed by atoms with van der Waals surface area (Å²) in [5, 5.41) is 6.61. The highest BCUT2D eigenvalue weighted by atomic mass is 35.5. The van der Waals surface area contributed by atoms with Crippen LogP contribution in [0.15, 0.2) is 54.6 Å². The van der Waals surface area contributed by atoms with E-state index in [1.807, 2.05) is 18.2 Å². The third-order valence-corrected chi connectivity index (χ3v) is 5.53. The number of ether oxygens (including phenoxy) is 1. The molecule has 0 radical (unpaired) electrons. The maximum atomic E-state index is 12.6. The molecule has 144 valence electrons. The van der Waals surface area contributed by atoms with Crippen LogP contribution < -0.4 is 10.6 Å². The van der Waals surface area contributed by atoms with E-state index < -0.39 is 0 Å².